The number of rotatable bonds is 3. The zero-order valence-electron chi connectivity index (χ0n) is 15.3. The number of piperidine rings is 1. The molecule has 4 heteroatoms. The van der Waals surface area contributed by atoms with Gasteiger partial charge in [0.1, 0.15) is 5.60 Å². The van der Waals surface area contributed by atoms with E-state index in [-0.39, 0.29) is 6.09 Å². The summed E-state index contributed by atoms with van der Waals surface area (Å²) in [6.07, 6.45) is 1.77. The van der Waals surface area contributed by atoms with Crippen molar-refractivity contribution in [3.8, 4) is 0 Å². The molecule has 0 saturated carbocycles. The van der Waals surface area contributed by atoms with E-state index in [2.05, 4.69) is 29.6 Å². The molecule has 0 bridgehead atoms. The third-order valence-electron chi connectivity index (χ3n) is 3.58. The molecule has 1 N–H and O–H groups in total. The first-order valence-electron chi connectivity index (χ1n) is 8.69. The molecule has 0 spiro atoms. The molecular weight excluding hydrogens is 288 g/mol. The highest BCUT2D eigenvalue weighted by molar-refractivity contribution is 5.68. The van der Waals surface area contributed by atoms with Crippen molar-refractivity contribution in [3.63, 3.8) is 0 Å². The van der Waals surface area contributed by atoms with Gasteiger partial charge in [-0.05, 0) is 39.2 Å². The Hall–Kier alpha value is -1.55. The first-order chi connectivity index (χ1) is 10.9. The smallest absolute Gasteiger partial charge is 0.410 e. The summed E-state index contributed by atoms with van der Waals surface area (Å²) < 4.78 is 5.41. The van der Waals surface area contributed by atoms with Crippen LogP contribution in [-0.2, 0) is 11.3 Å². The molecule has 130 valence electrons. The van der Waals surface area contributed by atoms with Crippen molar-refractivity contribution in [3.05, 3.63) is 35.9 Å². The maximum absolute atomic E-state index is 12.0. The topological polar surface area (TPSA) is 41.6 Å². The Morgan fingerprint density at radius 3 is 2.26 bits per heavy atom. The van der Waals surface area contributed by atoms with Gasteiger partial charge >= 0.3 is 6.09 Å². The molecular formula is C19H32N2O2. The number of hydrogen-bond acceptors (Lipinski definition) is 3. The summed E-state index contributed by atoms with van der Waals surface area (Å²) >= 11 is 0. The highest BCUT2D eigenvalue weighted by atomic mass is 16.6. The van der Waals surface area contributed by atoms with E-state index < -0.39 is 5.60 Å². The van der Waals surface area contributed by atoms with Gasteiger partial charge in [-0.15, -0.1) is 0 Å². The number of carbonyl (C=O) groups is 1. The minimum atomic E-state index is -0.417. The first-order valence-corrected chi connectivity index (χ1v) is 8.69. The van der Waals surface area contributed by atoms with Crippen molar-refractivity contribution in [1.29, 1.82) is 0 Å². The summed E-state index contributed by atoms with van der Waals surface area (Å²) in [6.45, 7) is 12.1. The van der Waals surface area contributed by atoms with Crippen LogP contribution in [0.3, 0.4) is 0 Å². The molecule has 23 heavy (non-hydrogen) atoms. The number of carbonyl (C=O) groups excluding carboxylic acids is 1. The lowest BCUT2D eigenvalue weighted by atomic mass is 10.0. The molecule has 1 amide bonds. The van der Waals surface area contributed by atoms with Crippen LogP contribution in [0.15, 0.2) is 30.3 Å². The van der Waals surface area contributed by atoms with Gasteiger partial charge in [0.15, 0.2) is 0 Å². The number of benzene rings is 1. The number of amides is 1. The molecule has 0 radical (unpaired) electrons. The molecule has 1 aromatic carbocycles. The highest BCUT2D eigenvalue weighted by Gasteiger charge is 2.26. The van der Waals surface area contributed by atoms with Gasteiger partial charge in [0.25, 0.3) is 0 Å². The van der Waals surface area contributed by atoms with Crippen LogP contribution < -0.4 is 5.32 Å². The highest BCUT2D eigenvalue weighted by Crippen LogP contribution is 2.15. The van der Waals surface area contributed by atoms with Crippen molar-refractivity contribution < 1.29 is 9.53 Å². The molecule has 1 aliphatic heterocycles. The van der Waals surface area contributed by atoms with Gasteiger partial charge in [0.05, 0.1) is 0 Å². The van der Waals surface area contributed by atoms with Crippen molar-refractivity contribution in [2.24, 2.45) is 0 Å². The monoisotopic (exact) mass is 320 g/mol. The van der Waals surface area contributed by atoms with Crippen LogP contribution in [0, 0.1) is 0 Å². The summed E-state index contributed by atoms with van der Waals surface area (Å²) in [5.41, 5.74) is 0.881. The molecule has 0 unspecified atom stereocenters. The van der Waals surface area contributed by atoms with E-state index in [1.165, 1.54) is 5.56 Å². The zero-order chi connectivity index (χ0) is 17.3. The molecule has 0 atom stereocenters. The predicted molar refractivity (Wildman–Crippen MR) is 95.5 cm³/mol. The Morgan fingerprint density at radius 1 is 1.17 bits per heavy atom. The predicted octanol–water partition coefficient (Wildman–Crippen LogP) is 4.20. The van der Waals surface area contributed by atoms with E-state index in [0.29, 0.717) is 6.04 Å². The van der Waals surface area contributed by atoms with Crippen LogP contribution in [0.2, 0.25) is 0 Å². The summed E-state index contributed by atoms with van der Waals surface area (Å²) in [7, 11) is 0. The third-order valence-corrected chi connectivity index (χ3v) is 3.58. The molecule has 1 aliphatic rings. The maximum atomic E-state index is 12.0. The van der Waals surface area contributed by atoms with E-state index >= 15 is 0 Å². The van der Waals surface area contributed by atoms with Gasteiger partial charge < -0.3 is 15.0 Å². The molecule has 2 rings (SSSR count). The SMILES string of the molecule is CC.CC(C)(C)OC(=O)N1CCC(NCc2ccccc2)CC1. The number of nitrogens with one attached hydrogen (secondary N) is 1. The molecule has 0 aromatic heterocycles. The second-order valence-electron chi connectivity index (χ2n) is 6.61. The Morgan fingerprint density at radius 2 is 1.74 bits per heavy atom. The Balaban J connectivity index is 0.00000127. The molecule has 1 aromatic rings. The molecule has 1 heterocycles. The summed E-state index contributed by atoms with van der Waals surface area (Å²) in [5, 5.41) is 3.57. The van der Waals surface area contributed by atoms with E-state index in [4.69, 9.17) is 4.74 Å². The molecule has 1 fully saturated rings. The van der Waals surface area contributed by atoms with Gasteiger partial charge in [-0.2, -0.15) is 0 Å². The van der Waals surface area contributed by atoms with Crippen LogP contribution in [0.4, 0.5) is 4.79 Å². The normalized spacial score (nSPS) is 15.6. The summed E-state index contributed by atoms with van der Waals surface area (Å²) in [5.74, 6) is 0. The zero-order valence-corrected chi connectivity index (χ0v) is 15.3. The standard InChI is InChI=1S/C17H26N2O2.C2H6/c1-17(2,3)21-16(20)19-11-9-15(10-12-19)18-13-14-7-5-4-6-8-14;1-2/h4-8,15,18H,9-13H2,1-3H3;1-2H3. The lowest BCUT2D eigenvalue weighted by molar-refractivity contribution is 0.0198. The molecule has 1 saturated heterocycles. The second kappa shape index (κ2) is 9.56. The largest absolute Gasteiger partial charge is 0.444 e. The quantitative estimate of drug-likeness (QED) is 0.907. The average molecular weight is 320 g/mol. The van der Waals surface area contributed by atoms with E-state index in [1.54, 1.807) is 0 Å². The van der Waals surface area contributed by atoms with E-state index in [0.717, 1.165) is 32.5 Å². The van der Waals surface area contributed by atoms with E-state index in [9.17, 15) is 4.79 Å². The van der Waals surface area contributed by atoms with Crippen LogP contribution >= 0.6 is 0 Å². The fourth-order valence-electron chi connectivity index (χ4n) is 2.45. The first kappa shape index (κ1) is 19.5. The van der Waals surface area contributed by atoms with Crippen LogP contribution in [0.1, 0.15) is 53.0 Å². The molecule has 0 aliphatic carbocycles. The summed E-state index contributed by atoms with van der Waals surface area (Å²) in [4.78, 5) is 13.8. The molecule has 4 nitrogen and oxygen atoms in total. The third kappa shape index (κ3) is 7.51. The fourth-order valence-corrected chi connectivity index (χ4v) is 2.45. The Kier molecular flexibility index (Phi) is 8.10. The van der Waals surface area contributed by atoms with Crippen molar-refractivity contribution >= 4 is 6.09 Å². The Bertz CT molecular complexity index is 446. The van der Waals surface area contributed by atoms with Gasteiger partial charge in [0, 0.05) is 25.7 Å². The van der Waals surface area contributed by atoms with Crippen molar-refractivity contribution in [1.82, 2.24) is 10.2 Å². The Labute approximate surface area is 141 Å². The van der Waals surface area contributed by atoms with Gasteiger partial charge in [-0.1, -0.05) is 44.2 Å². The van der Waals surface area contributed by atoms with Crippen LogP contribution in [0.5, 0.6) is 0 Å². The van der Waals surface area contributed by atoms with Gasteiger partial charge in [0.2, 0.25) is 0 Å². The van der Waals surface area contributed by atoms with Crippen LogP contribution in [-0.4, -0.2) is 35.7 Å². The van der Waals surface area contributed by atoms with Crippen molar-refractivity contribution in [2.75, 3.05) is 13.1 Å². The number of hydrogen-bond donors (Lipinski definition) is 1. The van der Waals surface area contributed by atoms with Crippen molar-refractivity contribution in [2.45, 2.75) is 65.6 Å². The number of ether oxygens (including phenoxy) is 1. The lowest BCUT2D eigenvalue weighted by Crippen LogP contribution is -2.46. The maximum Gasteiger partial charge on any atom is 0.410 e. The summed E-state index contributed by atoms with van der Waals surface area (Å²) in [6, 6.07) is 10.9. The second-order valence-corrected chi connectivity index (χ2v) is 6.61. The number of likely N-dealkylation sites (tertiary alicyclic amines) is 1. The minimum absolute atomic E-state index is 0.191. The van der Waals surface area contributed by atoms with Gasteiger partial charge in [-0.3, -0.25) is 0 Å². The lowest BCUT2D eigenvalue weighted by Gasteiger charge is -2.33. The van der Waals surface area contributed by atoms with Crippen LogP contribution in [0.25, 0.3) is 0 Å². The van der Waals surface area contributed by atoms with E-state index in [1.807, 2.05) is 45.6 Å². The van der Waals surface area contributed by atoms with Gasteiger partial charge in [-0.25, -0.2) is 4.79 Å². The minimum Gasteiger partial charge on any atom is -0.444 e. The number of nitrogens with zero attached hydrogens (tertiary/aromatic N) is 1. The fraction of sp³-hybridized carbons (Fsp3) is 0.632. The average Bonchev–Trinajstić information content (AvgIpc) is 2.55.